The zero-order chi connectivity index (χ0) is 12.3. The molecule has 1 aliphatic carbocycles. The number of rotatable bonds is 5. The van der Waals surface area contributed by atoms with Gasteiger partial charge in [-0.2, -0.15) is 0 Å². The molecule has 1 aliphatic rings. The maximum atomic E-state index is 6.20. The van der Waals surface area contributed by atoms with E-state index < -0.39 is 0 Å². The van der Waals surface area contributed by atoms with Crippen LogP contribution in [-0.2, 0) is 0 Å². The van der Waals surface area contributed by atoms with Gasteiger partial charge in [-0.1, -0.05) is 30.7 Å². The lowest BCUT2D eigenvalue weighted by molar-refractivity contribution is 0.246. The molecule has 2 rings (SSSR count). The van der Waals surface area contributed by atoms with Gasteiger partial charge in [0.25, 0.3) is 0 Å². The lowest BCUT2D eigenvalue weighted by Crippen LogP contribution is -2.34. The number of hydrogen-bond acceptors (Lipinski definition) is 1. The van der Waals surface area contributed by atoms with Crippen molar-refractivity contribution in [1.82, 2.24) is 5.32 Å². The van der Waals surface area contributed by atoms with Crippen molar-refractivity contribution in [3.05, 3.63) is 34.3 Å². The van der Waals surface area contributed by atoms with Crippen LogP contribution in [0.25, 0.3) is 0 Å². The second kappa shape index (κ2) is 5.88. The van der Waals surface area contributed by atoms with Crippen LogP contribution < -0.4 is 5.32 Å². The maximum absolute atomic E-state index is 6.20. The van der Waals surface area contributed by atoms with E-state index in [9.17, 15) is 0 Å². The zero-order valence-corrected chi connectivity index (χ0v) is 11.6. The molecular weight excluding hydrogens is 230 g/mol. The first-order valence-electron chi connectivity index (χ1n) is 6.69. The first-order valence-corrected chi connectivity index (χ1v) is 7.07. The molecule has 0 saturated heterocycles. The number of benzene rings is 1. The van der Waals surface area contributed by atoms with Crippen LogP contribution in [0.1, 0.15) is 43.2 Å². The minimum absolute atomic E-state index is 0.720. The molecule has 1 N–H and O–H groups in total. The van der Waals surface area contributed by atoms with E-state index >= 15 is 0 Å². The van der Waals surface area contributed by atoms with Gasteiger partial charge in [0.05, 0.1) is 0 Å². The number of halogens is 1. The van der Waals surface area contributed by atoms with E-state index in [-0.39, 0.29) is 0 Å². The highest BCUT2D eigenvalue weighted by Gasteiger charge is 2.31. The highest BCUT2D eigenvalue weighted by atomic mass is 35.5. The van der Waals surface area contributed by atoms with Crippen molar-refractivity contribution < 1.29 is 0 Å². The highest BCUT2D eigenvalue weighted by molar-refractivity contribution is 6.31. The highest BCUT2D eigenvalue weighted by Crippen LogP contribution is 2.42. The molecule has 1 fully saturated rings. The average Bonchev–Trinajstić information content (AvgIpc) is 2.28. The number of nitrogens with one attached hydrogen (secondary N) is 1. The van der Waals surface area contributed by atoms with Crippen LogP contribution in [0.4, 0.5) is 0 Å². The number of aryl methyl sites for hydroxylation is 1. The van der Waals surface area contributed by atoms with Crippen LogP contribution >= 0.6 is 11.6 Å². The Morgan fingerprint density at radius 2 is 2.18 bits per heavy atom. The fourth-order valence-electron chi connectivity index (χ4n) is 2.56. The minimum atomic E-state index is 0.720. The smallest absolute Gasteiger partial charge is 0.0438 e. The standard InChI is InChI=1S/C15H22ClN/c1-3-8-17-10-13-6-7-14(13)12-5-4-11(2)15(16)9-12/h4-5,9,13-14,17H,3,6-8,10H2,1-2H3. The minimum Gasteiger partial charge on any atom is -0.316 e. The van der Waals surface area contributed by atoms with Crippen molar-refractivity contribution in [2.24, 2.45) is 5.92 Å². The molecule has 0 aliphatic heterocycles. The molecular formula is C15H22ClN. The van der Waals surface area contributed by atoms with Crippen LogP contribution in [0, 0.1) is 12.8 Å². The molecule has 1 saturated carbocycles. The Hall–Kier alpha value is -0.530. The lowest BCUT2D eigenvalue weighted by Gasteiger charge is -2.37. The second-order valence-corrected chi connectivity index (χ2v) is 5.56. The molecule has 0 heterocycles. The van der Waals surface area contributed by atoms with E-state index in [4.69, 9.17) is 11.6 Å². The van der Waals surface area contributed by atoms with Crippen molar-refractivity contribution in [2.75, 3.05) is 13.1 Å². The summed E-state index contributed by atoms with van der Waals surface area (Å²) in [6, 6.07) is 6.55. The van der Waals surface area contributed by atoms with E-state index in [1.807, 2.05) is 0 Å². The third-order valence-electron chi connectivity index (χ3n) is 3.87. The van der Waals surface area contributed by atoms with E-state index in [1.165, 1.54) is 30.4 Å². The van der Waals surface area contributed by atoms with Gasteiger partial charge in [0.2, 0.25) is 0 Å². The third-order valence-corrected chi connectivity index (χ3v) is 4.28. The first-order chi connectivity index (χ1) is 8.22. The van der Waals surface area contributed by atoms with Gasteiger partial charge in [-0.25, -0.2) is 0 Å². The van der Waals surface area contributed by atoms with E-state index in [1.54, 1.807) is 0 Å². The molecule has 0 radical (unpaired) electrons. The van der Waals surface area contributed by atoms with Gasteiger partial charge in [-0.15, -0.1) is 0 Å². The maximum Gasteiger partial charge on any atom is 0.0438 e. The molecule has 1 nitrogen and oxygen atoms in total. The molecule has 2 heteroatoms. The van der Waals surface area contributed by atoms with Crippen molar-refractivity contribution in [3.63, 3.8) is 0 Å². The summed E-state index contributed by atoms with van der Waals surface area (Å²) < 4.78 is 0. The van der Waals surface area contributed by atoms with Gasteiger partial charge in [-0.3, -0.25) is 0 Å². The molecule has 1 aromatic carbocycles. The Labute approximate surface area is 110 Å². The zero-order valence-electron chi connectivity index (χ0n) is 10.8. The quantitative estimate of drug-likeness (QED) is 0.776. The SMILES string of the molecule is CCCNCC1CCC1c1ccc(C)c(Cl)c1. The molecule has 0 spiro atoms. The average molecular weight is 252 g/mol. The Balaban J connectivity index is 1.95. The summed E-state index contributed by atoms with van der Waals surface area (Å²) in [6.07, 6.45) is 3.89. The third kappa shape index (κ3) is 3.02. The van der Waals surface area contributed by atoms with E-state index in [0.29, 0.717) is 0 Å². The Morgan fingerprint density at radius 3 is 2.76 bits per heavy atom. The van der Waals surface area contributed by atoms with Crippen molar-refractivity contribution in [3.8, 4) is 0 Å². The summed E-state index contributed by atoms with van der Waals surface area (Å²) in [5.41, 5.74) is 2.60. The van der Waals surface area contributed by atoms with Crippen molar-refractivity contribution in [2.45, 2.75) is 39.0 Å². The van der Waals surface area contributed by atoms with Gasteiger partial charge in [-0.05, 0) is 68.3 Å². The lowest BCUT2D eigenvalue weighted by atomic mass is 9.70. The molecule has 2 unspecified atom stereocenters. The predicted molar refractivity (Wildman–Crippen MR) is 74.8 cm³/mol. The predicted octanol–water partition coefficient (Wildman–Crippen LogP) is 4.14. The largest absolute Gasteiger partial charge is 0.316 e. The molecule has 2 atom stereocenters. The van der Waals surface area contributed by atoms with E-state index in [0.717, 1.165) is 29.9 Å². The molecule has 0 amide bonds. The summed E-state index contributed by atoms with van der Waals surface area (Å²) in [5.74, 6) is 1.53. The van der Waals surface area contributed by atoms with Gasteiger partial charge in [0, 0.05) is 5.02 Å². The van der Waals surface area contributed by atoms with Crippen LogP contribution in [0.5, 0.6) is 0 Å². The Morgan fingerprint density at radius 1 is 1.35 bits per heavy atom. The number of hydrogen-bond donors (Lipinski definition) is 1. The van der Waals surface area contributed by atoms with Crippen LogP contribution in [0.15, 0.2) is 18.2 Å². The van der Waals surface area contributed by atoms with E-state index in [2.05, 4.69) is 37.4 Å². The Bertz CT molecular complexity index is 375. The summed E-state index contributed by atoms with van der Waals surface area (Å²) in [7, 11) is 0. The molecule has 94 valence electrons. The van der Waals surface area contributed by atoms with Gasteiger partial charge in [0.15, 0.2) is 0 Å². The molecule has 17 heavy (non-hydrogen) atoms. The summed E-state index contributed by atoms with van der Waals surface area (Å²) >= 11 is 6.20. The summed E-state index contributed by atoms with van der Waals surface area (Å²) in [4.78, 5) is 0. The Kier molecular flexibility index (Phi) is 4.47. The van der Waals surface area contributed by atoms with Crippen LogP contribution in [-0.4, -0.2) is 13.1 Å². The monoisotopic (exact) mass is 251 g/mol. The van der Waals surface area contributed by atoms with Crippen molar-refractivity contribution in [1.29, 1.82) is 0 Å². The van der Waals surface area contributed by atoms with Gasteiger partial charge in [0.1, 0.15) is 0 Å². The molecule has 1 aromatic rings. The normalized spacial score (nSPS) is 23.5. The van der Waals surface area contributed by atoms with Crippen molar-refractivity contribution >= 4 is 11.6 Å². The molecule has 0 bridgehead atoms. The van der Waals surface area contributed by atoms with Crippen LogP contribution in [0.3, 0.4) is 0 Å². The fourth-order valence-corrected chi connectivity index (χ4v) is 2.75. The first kappa shape index (κ1) is 12.9. The van der Waals surface area contributed by atoms with Gasteiger partial charge >= 0.3 is 0 Å². The van der Waals surface area contributed by atoms with Gasteiger partial charge < -0.3 is 5.32 Å². The summed E-state index contributed by atoms with van der Waals surface area (Å²) in [5, 5.41) is 4.44. The molecule has 0 aromatic heterocycles. The second-order valence-electron chi connectivity index (χ2n) is 5.16. The fraction of sp³-hybridized carbons (Fsp3) is 0.600. The van der Waals surface area contributed by atoms with Crippen LogP contribution in [0.2, 0.25) is 5.02 Å². The topological polar surface area (TPSA) is 12.0 Å². The summed E-state index contributed by atoms with van der Waals surface area (Å²) in [6.45, 7) is 6.57.